The fourth-order valence-electron chi connectivity index (χ4n) is 19.2. The third kappa shape index (κ3) is 48.9. The highest BCUT2D eigenvalue weighted by Crippen LogP contribution is 2.46. The van der Waals surface area contributed by atoms with Crippen LogP contribution in [-0.2, 0) is 42.0 Å². The zero-order valence-corrected chi connectivity index (χ0v) is 76.4. The number of aliphatic hydroxyl groups excluding tert-OH is 7. The standard InChI is InChI=1S/C95H185O17P/c1-69-25-15-27-71(3)31-19-35-77(9)53-57-105-65-87(67-109-95-93(101)92(100)91(99)90(64-97)111-95)107-59-55-79(11)39-23-43-83-49-51-85(61-83)81(13)41-21-37-75(7)47-45-74(6)34-18-30-70(2)26-16-28-72(4)32-20-36-78(10)54-58-106-66-88(68-110-113(103,104)112-94(102)89(98)63-96)108-60-56-80(12)40-24-44-84-50-52-86(62-84)82(14)42-22-38-76(8)48-46-73(5)33-17-29-69/h69-102H,15-68H2,1-14H3,(H,103,104)/t69-,70-,71+,72+,73-,74-,75-,76-,77+,78+,79+,80+,81+,82+,83?,84?,85?,86?,87-,88-,89?,90+,91-,92+,93+,94?,95+/m1/s1. The molecule has 0 aromatic carbocycles. The molecule has 28 atom stereocenters. The van der Waals surface area contributed by atoms with Crippen LogP contribution in [-0.4, -0.2) is 162 Å². The summed E-state index contributed by atoms with van der Waals surface area (Å²) in [5.74, 6) is 13.3. The van der Waals surface area contributed by atoms with Crippen molar-refractivity contribution < 1.29 is 82.7 Å². The number of phosphoric acid groups is 1. The lowest BCUT2D eigenvalue weighted by Crippen LogP contribution is -2.59. The highest BCUT2D eigenvalue weighted by molar-refractivity contribution is 7.47. The minimum Gasteiger partial charge on any atom is -0.394 e. The van der Waals surface area contributed by atoms with Gasteiger partial charge in [0.05, 0.1) is 39.6 Å². The van der Waals surface area contributed by atoms with Crippen LogP contribution in [0.2, 0.25) is 0 Å². The van der Waals surface area contributed by atoms with Gasteiger partial charge in [0.1, 0.15) is 42.7 Å². The predicted octanol–water partition coefficient (Wildman–Crippen LogP) is 22.0. The maximum absolute atomic E-state index is 12.8. The third-order valence-corrected chi connectivity index (χ3v) is 29.3. The molecule has 113 heavy (non-hydrogen) atoms. The Morgan fingerprint density at radius 2 is 0.673 bits per heavy atom. The Labute approximate surface area is 694 Å². The summed E-state index contributed by atoms with van der Waals surface area (Å²) in [5, 5.41) is 70.3. The average Bonchev–Trinajstić information content (AvgIpc) is 1.46. The molecular weight excluding hydrogens is 1440 g/mol. The fraction of sp³-hybridized carbons (Fsp3) is 1.00. The van der Waals surface area contributed by atoms with E-state index < -0.39 is 76.3 Å². The molecule has 0 amide bonds. The SMILES string of the molecule is C[C@@H]1CCC[C@H](C)CCC[C@H](C)CCOC[C@H](CO[C@H]2O[C@@H](CO)[C@@H](O)[C@H](O)[C@@H]2O)OCC[C@@H](C)CCCC2CCC(C2)[C@@H](C)CCC[C@@H](C)CC[C@H](C)CCC[C@H](C)CCC[C@H](C)CCC[C@H](C)CCOC[C@H](COP(=O)(O)OC(O)C(O)CO)OCC[C@@H](C)CCCC2CCC(C2)[C@@H](C)CCC[C@@H](C)CC[C@H](C)CCC1. The quantitative estimate of drug-likeness (QED) is 0.0707. The Morgan fingerprint density at radius 1 is 0.363 bits per heavy atom. The summed E-state index contributed by atoms with van der Waals surface area (Å²) in [6.45, 7) is 35.3. The lowest BCUT2D eigenvalue weighted by Gasteiger charge is -2.40. The molecule has 0 aromatic heterocycles. The van der Waals surface area contributed by atoms with Crippen LogP contribution in [0.25, 0.3) is 0 Å². The molecule has 2 aliphatic heterocycles. The van der Waals surface area contributed by atoms with Gasteiger partial charge in [0, 0.05) is 26.4 Å². The van der Waals surface area contributed by atoms with Crippen molar-refractivity contribution in [3.05, 3.63) is 0 Å². The smallest absolute Gasteiger partial charge is 0.394 e. The zero-order chi connectivity index (χ0) is 82.9. The first-order chi connectivity index (χ1) is 54.0. The van der Waals surface area contributed by atoms with Gasteiger partial charge in [-0.05, 0) is 158 Å². The lowest BCUT2D eigenvalue weighted by molar-refractivity contribution is -0.306. The number of hydrogen-bond acceptors (Lipinski definition) is 16. The largest absolute Gasteiger partial charge is 0.474 e. The van der Waals surface area contributed by atoms with E-state index in [9.17, 15) is 45.2 Å². The van der Waals surface area contributed by atoms with Crippen molar-refractivity contribution in [3.63, 3.8) is 0 Å². The molecule has 2 aliphatic carbocycles. The first kappa shape index (κ1) is 105. The molecule has 8 N–H and O–H groups in total. The van der Waals surface area contributed by atoms with Gasteiger partial charge in [-0.25, -0.2) is 4.57 Å². The van der Waals surface area contributed by atoms with Crippen molar-refractivity contribution in [2.75, 3.05) is 66.1 Å². The normalized spacial score (nSPS) is 38.7. The Bertz CT molecular complexity index is 2290. The molecule has 2 saturated heterocycles. The van der Waals surface area contributed by atoms with E-state index in [0.29, 0.717) is 56.7 Å². The molecule has 4 aliphatic rings. The van der Waals surface area contributed by atoms with Crippen molar-refractivity contribution >= 4 is 7.82 Å². The van der Waals surface area contributed by atoms with E-state index in [1.165, 1.54) is 244 Å². The van der Waals surface area contributed by atoms with Crippen LogP contribution >= 0.6 is 7.82 Å². The minimum absolute atomic E-state index is 0.0932. The van der Waals surface area contributed by atoms with Gasteiger partial charge in [-0.15, -0.1) is 0 Å². The van der Waals surface area contributed by atoms with E-state index in [1.807, 2.05) is 0 Å². The van der Waals surface area contributed by atoms with E-state index in [-0.39, 0.29) is 19.8 Å². The van der Waals surface area contributed by atoms with Crippen LogP contribution in [0.15, 0.2) is 0 Å². The van der Waals surface area contributed by atoms with Gasteiger partial charge in [0.15, 0.2) is 12.6 Å². The molecule has 4 rings (SSSR count). The summed E-state index contributed by atoms with van der Waals surface area (Å²) >= 11 is 0. The predicted molar refractivity (Wildman–Crippen MR) is 462 cm³/mol. The van der Waals surface area contributed by atoms with E-state index in [2.05, 4.69) is 96.9 Å². The topological polar surface area (TPSA) is 253 Å². The minimum atomic E-state index is -4.77. The number of hydrogen-bond donors (Lipinski definition) is 8. The van der Waals surface area contributed by atoms with E-state index in [4.69, 9.17) is 37.5 Å². The lowest BCUT2D eigenvalue weighted by atomic mass is 9.85. The molecule has 2 saturated carbocycles. The summed E-state index contributed by atoms with van der Waals surface area (Å²) < 4.78 is 59.6. The highest BCUT2D eigenvalue weighted by atomic mass is 31.2. The molecule has 4 fully saturated rings. The summed E-state index contributed by atoms with van der Waals surface area (Å²) in [5.41, 5.74) is 0. The second kappa shape index (κ2) is 61.8. The fourth-order valence-corrected chi connectivity index (χ4v) is 20.0. The average molecular weight is 1630 g/mol. The second-order valence-electron chi connectivity index (χ2n) is 39.9. The van der Waals surface area contributed by atoms with Gasteiger partial charge in [0.25, 0.3) is 0 Å². The Kier molecular flexibility index (Phi) is 57.4. The Morgan fingerprint density at radius 3 is 1.02 bits per heavy atom. The molecule has 0 aromatic rings. The highest BCUT2D eigenvalue weighted by Gasteiger charge is 2.44. The van der Waals surface area contributed by atoms with Crippen molar-refractivity contribution in [1.82, 2.24) is 0 Å². The van der Waals surface area contributed by atoms with Crippen molar-refractivity contribution in [2.45, 2.75) is 435 Å². The van der Waals surface area contributed by atoms with Crippen LogP contribution in [0.4, 0.5) is 0 Å². The van der Waals surface area contributed by atoms with Crippen molar-refractivity contribution in [2.24, 2.45) is 107 Å². The van der Waals surface area contributed by atoms with Crippen molar-refractivity contribution in [3.8, 4) is 0 Å². The summed E-state index contributed by atoms with van der Waals surface area (Å²) in [6, 6.07) is 0. The van der Waals surface area contributed by atoms with Crippen LogP contribution < -0.4 is 0 Å². The van der Waals surface area contributed by atoms with Gasteiger partial charge < -0.3 is 69.1 Å². The first-order valence-electron chi connectivity index (χ1n) is 48.0. The van der Waals surface area contributed by atoms with Crippen LogP contribution in [0.1, 0.15) is 379 Å². The maximum Gasteiger partial charge on any atom is 0.474 e. The maximum atomic E-state index is 12.8. The molecule has 672 valence electrons. The Balaban J connectivity index is 1.23. The van der Waals surface area contributed by atoms with Gasteiger partial charge in [-0.3, -0.25) is 9.05 Å². The van der Waals surface area contributed by atoms with Crippen LogP contribution in [0, 0.1) is 107 Å². The van der Waals surface area contributed by atoms with Crippen molar-refractivity contribution in [1.29, 1.82) is 0 Å². The Hall–Kier alpha value is -0.410. The van der Waals surface area contributed by atoms with Gasteiger partial charge in [-0.1, -0.05) is 328 Å². The second-order valence-corrected chi connectivity index (χ2v) is 41.3. The van der Waals surface area contributed by atoms with E-state index in [0.717, 1.165) is 121 Å². The molecule has 17 nitrogen and oxygen atoms in total. The number of aliphatic hydroxyl groups is 7. The molecule has 4 bridgehead atoms. The van der Waals surface area contributed by atoms with Crippen LogP contribution in [0.3, 0.4) is 0 Å². The van der Waals surface area contributed by atoms with E-state index in [1.54, 1.807) is 0 Å². The summed E-state index contributed by atoms with van der Waals surface area (Å²) in [6.07, 6.45) is 44.7. The third-order valence-electron chi connectivity index (χ3n) is 28.3. The number of rotatable bonds is 11. The summed E-state index contributed by atoms with van der Waals surface area (Å²) in [4.78, 5) is 10.4. The molecule has 7 unspecified atom stereocenters. The van der Waals surface area contributed by atoms with E-state index >= 15 is 0 Å². The van der Waals surface area contributed by atoms with Gasteiger partial charge in [0.2, 0.25) is 0 Å². The molecule has 0 spiro atoms. The summed E-state index contributed by atoms with van der Waals surface area (Å²) in [7, 11) is -4.77. The zero-order valence-electron chi connectivity index (χ0n) is 75.5. The molecule has 18 heteroatoms. The molecule has 2 heterocycles. The number of phosphoric ester groups is 1. The first-order valence-corrected chi connectivity index (χ1v) is 49.5. The number of ether oxygens (including phenoxy) is 6. The molecule has 0 radical (unpaired) electrons. The molecular formula is C95H185O17P. The monoisotopic (exact) mass is 1630 g/mol. The number of fused-ring (bicyclic) bond motifs is 4. The van der Waals surface area contributed by atoms with Crippen LogP contribution in [0.5, 0.6) is 0 Å². The van der Waals surface area contributed by atoms with Gasteiger partial charge in [-0.2, -0.15) is 0 Å². The van der Waals surface area contributed by atoms with Gasteiger partial charge >= 0.3 is 7.82 Å².